The minimum Gasteiger partial charge on any atom is -0.419 e. The highest BCUT2D eigenvalue weighted by Crippen LogP contribution is 2.22. The molecule has 0 aliphatic heterocycles. The summed E-state index contributed by atoms with van der Waals surface area (Å²) in [6.07, 6.45) is 1.80. The van der Waals surface area contributed by atoms with Gasteiger partial charge in [0.2, 0.25) is 11.8 Å². The van der Waals surface area contributed by atoms with Crippen molar-refractivity contribution >= 4 is 0 Å². The molecule has 0 saturated heterocycles. The van der Waals surface area contributed by atoms with Crippen molar-refractivity contribution in [3.8, 4) is 11.5 Å². The SMILES string of the molecule is Cc1cccc(-c2nnc(CNC(c3ccccc3)c3ccccn3)o2)c1. The van der Waals surface area contributed by atoms with Crippen molar-refractivity contribution in [3.63, 3.8) is 0 Å². The Labute approximate surface area is 158 Å². The van der Waals surface area contributed by atoms with Gasteiger partial charge in [0.1, 0.15) is 0 Å². The Hall–Kier alpha value is -3.31. The lowest BCUT2D eigenvalue weighted by atomic mass is 10.0. The molecular weight excluding hydrogens is 336 g/mol. The summed E-state index contributed by atoms with van der Waals surface area (Å²) in [6.45, 7) is 2.49. The maximum atomic E-state index is 5.84. The average molecular weight is 356 g/mol. The summed E-state index contributed by atoms with van der Waals surface area (Å²) < 4.78 is 5.84. The Balaban J connectivity index is 1.53. The second-order valence-corrected chi connectivity index (χ2v) is 6.35. The van der Waals surface area contributed by atoms with Crippen molar-refractivity contribution in [3.05, 3.63) is 102 Å². The molecule has 0 radical (unpaired) electrons. The van der Waals surface area contributed by atoms with Crippen LogP contribution < -0.4 is 5.32 Å². The number of aromatic nitrogens is 3. The predicted octanol–water partition coefficient (Wildman–Crippen LogP) is 4.32. The highest BCUT2D eigenvalue weighted by molar-refractivity contribution is 5.53. The Bertz CT molecular complexity index is 960. The predicted molar refractivity (Wildman–Crippen MR) is 104 cm³/mol. The van der Waals surface area contributed by atoms with Crippen LogP contribution in [0, 0.1) is 6.92 Å². The summed E-state index contributed by atoms with van der Waals surface area (Å²) in [5.74, 6) is 1.08. The van der Waals surface area contributed by atoms with Gasteiger partial charge in [0.15, 0.2) is 0 Å². The van der Waals surface area contributed by atoms with E-state index in [-0.39, 0.29) is 6.04 Å². The summed E-state index contributed by atoms with van der Waals surface area (Å²) in [7, 11) is 0. The van der Waals surface area contributed by atoms with Gasteiger partial charge in [-0.2, -0.15) is 0 Å². The van der Waals surface area contributed by atoms with E-state index >= 15 is 0 Å². The second-order valence-electron chi connectivity index (χ2n) is 6.35. The van der Waals surface area contributed by atoms with Crippen molar-refractivity contribution in [2.45, 2.75) is 19.5 Å². The molecule has 1 N–H and O–H groups in total. The van der Waals surface area contributed by atoms with E-state index in [0.29, 0.717) is 18.3 Å². The van der Waals surface area contributed by atoms with Crippen molar-refractivity contribution in [1.29, 1.82) is 0 Å². The molecule has 27 heavy (non-hydrogen) atoms. The first-order valence-electron chi connectivity index (χ1n) is 8.88. The van der Waals surface area contributed by atoms with Crippen LogP contribution in [-0.2, 0) is 6.54 Å². The smallest absolute Gasteiger partial charge is 0.247 e. The number of aryl methyl sites for hydroxylation is 1. The van der Waals surface area contributed by atoms with Gasteiger partial charge < -0.3 is 4.42 Å². The number of hydrogen-bond acceptors (Lipinski definition) is 5. The van der Waals surface area contributed by atoms with Crippen LogP contribution in [0.5, 0.6) is 0 Å². The zero-order valence-corrected chi connectivity index (χ0v) is 15.0. The van der Waals surface area contributed by atoms with Gasteiger partial charge in [-0.3, -0.25) is 10.3 Å². The fourth-order valence-electron chi connectivity index (χ4n) is 2.99. The lowest BCUT2D eigenvalue weighted by Gasteiger charge is -2.17. The van der Waals surface area contributed by atoms with Crippen LogP contribution in [0.2, 0.25) is 0 Å². The van der Waals surface area contributed by atoms with Crippen LogP contribution in [0.4, 0.5) is 0 Å². The van der Waals surface area contributed by atoms with Gasteiger partial charge in [-0.25, -0.2) is 0 Å². The van der Waals surface area contributed by atoms with E-state index < -0.39 is 0 Å². The third-order valence-electron chi connectivity index (χ3n) is 4.31. The van der Waals surface area contributed by atoms with Crippen LogP contribution in [0.15, 0.2) is 83.4 Å². The number of hydrogen-bond donors (Lipinski definition) is 1. The summed E-state index contributed by atoms with van der Waals surface area (Å²) in [6, 6.07) is 24.1. The van der Waals surface area contributed by atoms with E-state index in [0.717, 1.165) is 22.4 Å². The van der Waals surface area contributed by atoms with Crippen molar-refractivity contribution in [2.24, 2.45) is 0 Å². The topological polar surface area (TPSA) is 63.8 Å². The highest BCUT2D eigenvalue weighted by Gasteiger charge is 2.16. The van der Waals surface area contributed by atoms with Crippen molar-refractivity contribution < 1.29 is 4.42 Å². The molecule has 0 saturated carbocycles. The Morgan fingerprint density at radius 1 is 0.926 bits per heavy atom. The molecule has 0 bridgehead atoms. The van der Waals surface area contributed by atoms with Gasteiger partial charge in [-0.15, -0.1) is 10.2 Å². The van der Waals surface area contributed by atoms with Gasteiger partial charge in [-0.1, -0.05) is 54.1 Å². The molecule has 2 heterocycles. The first kappa shape index (κ1) is 17.1. The monoisotopic (exact) mass is 356 g/mol. The van der Waals surface area contributed by atoms with E-state index in [1.807, 2.05) is 67.6 Å². The molecule has 0 spiro atoms. The lowest BCUT2D eigenvalue weighted by Crippen LogP contribution is -2.23. The van der Waals surface area contributed by atoms with E-state index in [2.05, 4.69) is 32.6 Å². The van der Waals surface area contributed by atoms with Crippen LogP contribution in [0.25, 0.3) is 11.5 Å². The minimum absolute atomic E-state index is 0.0540. The summed E-state index contributed by atoms with van der Waals surface area (Å²) in [4.78, 5) is 4.50. The molecule has 2 aromatic heterocycles. The molecule has 0 aliphatic rings. The zero-order valence-electron chi connectivity index (χ0n) is 15.0. The Morgan fingerprint density at radius 3 is 2.56 bits per heavy atom. The average Bonchev–Trinajstić information content (AvgIpc) is 3.19. The van der Waals surface area contributed by atoms with Gasteiger partial charge >= 0.3 is 0 Å². The summed E-state index contributed by atoms with van der Waals surface area (Å²) in [5.41, 5.74) is 4.17. The van der Waals surface area contributed by atoms with Gasteiger partial charge in [0, 0.05) is 11.8 Å². The van der Waals surface area contributed by atoms with Gasteiger partial charge in [-0.05, 0) is 36.8 Å². The number of rotatable bonds is 6. The Kier molecular flexibility index (Phi) is 5.03. The number of nitrogens with one attached hydrogen (secondary N) is 1. The van der Waals surface area contributed by atoms with Crippen molar-refractivity contribution in [1.82, 2.24) is 20.5 Å². The van der Waals surface area contributed by atoms with Crippen molar-refractivity contribution in [2.75, 3.05) is 0 Å². The maximum Gasteiger partial charge on any atom is 0.247 e. The number of nitrogens with zero attached hydrogens (tertiary/aromatic N) is 3. The van der Waals surface area contributed by atoms with E-state index in [4.69, 9.17) is 4.42 Å². The van der Waals surface area contributed by atoms with Gasteiger partial charge in [0.25, 0.3) is 0 Å². The van der Waals surface area contributed by atoms with Crippen LogP contribution in [-0.4, -0.2) is 15.2 Å². The third-order valence-corrected chi connectivity index (χ3v) is 4.31. The normalized spacial score (nSPS) is 12.0. The molecule has 0 amide bonds. The molecule has 0 fully saturated rings. The third kappa shape index (κ3) is 4.10. The summed E-state index contributed by atoms with van der Waals surface area (Å²) >= 11 is 0. The molecule has 5 heteroatoms. The Morgan fingerprint density at radius 2 is 1.78 bits per heavy atom. The zero-order chi connectivity index (χ0) is 18.5. The molecule has 4 aromatic rings. The molecule has 134 valence electrons. The van der Waals surface area contributed by atoms with Crippen LogP contribution in [0.1, 0.15) is 28.8 Å². The molecule has 2 aromatic carbocycles. The molecule has 4 rings (SSSR count). The maximum absolute atomic E-state index is 5.84. The molecular formula is C22H20N4O. The molecule has 0 aliphatic carbocycles. The number of benzene rings is 2. The van der Waals surface area contributed by atoms with E-state index in [1.165, 1.54) is 0 Å². The number of pyridine rings is 1. The molecule has 5 nitrogen and oxygen atoms in total. The fraction of sp³-hybridized carbons (Fsp3) is 0.136. The van der Waals surface area contributed by atoms with Gasteiger partial charge in [0.05, 0.1) is 18.3 Å². The van der Waals surface area contributed by atoms with E-state index in [9.17, 15) is 0 Å². The highest BCUT2D eigenvalue weighted by atomic mass is 16.4. The summed E-state index contributed by atoms with van der Waals surface area (Å²) in [5, 5.41) is 11.8. The largest absolute Gasteiger partial charge is 0.419 e. The molecule has 1 unspecified atom stereocenters. The molecule has 1 atom stereocenters. The second kappa shape index (κ2) is 7.93. The van der Waals surface area contributed by atoms with Crippen LogP contribution >= 0.6 is 0 Å². The standard InChI is InChI=1S/C22H20N4O/c1-16-8-7-11-18(14-16)22-26-25-20(27-22)15-24-21(17-9-3-2-4-10-17)19-12-5-6-13-23-19/h2-14,21,24H,15H2,1H3. The van der Waals surface area contributed by atoms with E-state index in [1.54, 1.807) is 6.20 Å². The quantitative estimate of drug-likeness (QED) is 0.557. The first-order valence-corrected chi connectivity index (χ1v) is 8.88. The van der Waals surface area contributed by atoms with Crippen LogP contribution in [0.3, 0.4) is 0 Å². The fourth-order valence-corrected chi connectivity index (χ4v) is 2.99. The lowest BCUT2D eigenvalue weighted by molar-refractivity contribution is 0.459. The minimum atomic E-state index is -0.0540. The first-order chi connectivity index (χ1) is 13.3.